The highest BCUT2D eigenvalue weighted by Gasteiger charge is 2.18. The molecule has 1 amide bonds. The Hall–Kier alpha value is -2.46. The van der Waals surface area contributed by atoms with E-state index in [1.54, 1.807) is 48.5 Å². The summed E-state index contributed by atoms with van der Waals surface area (Å²) in [6.45, 7) is 3.91. The molecular formula is C19H21NO3. The average Bonchev–Trinajstić information content (AvgIpc) is 2.59. The van der Waals surface area contributed by atoms with Crippen LogP contribution in [0.25, 0.3) is 0 Å². The summed E-state index contributed by atoms with van der Waals surface area (Å²) in [6, 6.07) is 15.6. The second-order valence-corrected chi connectivity index (χ2v) is 5.76. The summed E-state index contributed by atoms with van der Waals surface area (Å²) in [7, 11) is 0. The van der Waals surface area contributed by atoms with Crippen LogP contribution in [0.5, 0.6) is 0 Å². The highest BCUT2D eigenvalue weighted by Crippen LogP contribution is 2.15. The summed E-state index contributed by atoms with van der Waals surface area (Å²) in [5.41, 5.74) is 1.21. The highest BCUT2D eigenvalue weighted by atomic mass is 16.3. The van der Waals surface area contributed by atoms with Crippen molar-refractivity contribution in [3.63, 3.8) is 0 Å². The number of hydrogen-bond donors (Lipinski definition) is 2. The van der Waals surface area contributed by atoms with E-state index < -0.39 is 6.10 Å². The molecule has 120 valence electrons. The van der Waals surface area contributed by atoms with Gasteiger partial charge in [0.1, 0.15) is 0 Å². The van der Waals surface area contributed by atoms with Crippen molar-refractivity contribution < 1.29 is 14.7 Å². The Kier molecular flexibility index (Phi) is 5.66. The predicted octanol–water partition coefficient (Wildman–Crippen LogP) is 2.66. The maximum absolute atomic E-state index is 12.6. The normalized spacial score (nSPS) is 12.0. The van der Waals surface area contributed by atoms with Crippen LogP contribution in [-0.4, -0.2) is 29.4 Å². The third-order valence-electron chi connectivity index (χ3n) is 3.69. The first-order valence-electron chi connectivity index (χ1n) is 7.65. The monoisotopic (exact) mass is 311 g/mol. The molecule has 0 heterocycles. The zero-order chi connectivity index (χ0) is 16.8. The fraction of sp³-hybridized carbons (Fsp3) is 0.263. The van der Waals surface area contributed by atoms with Crippen molar-refractivity contribution in [2.45, 2.75) is 20.0 Å². The maximum Gasteiger partial charge on any atom is 0.252 e. The van der Waals surface area contributed by atoms with Crippen molar-refractivity contribution in [2.75, 3.05) is 6.54 Å². The SMILES string of the molecule is CC(C)C(O)CNC(=O)c1ccccc1C(=O)c1ccccc1. The van der Waals surface area contributed by atoms with Gasteiger partial charge in [0.2, 0.25) is 0 Å². The summed E-state index contributed by atoms with van der Waals surface area (Å²) < 4.78 is 0. The van der Waals surface area contributed by atoms with Gasteiger partial charge in [0.05, 0.1) is 11.7 Å². The lowest BCUT2D eigenvalue weighted by atomic mass is 9.98. The number of amides is 1. The van der Waals surface area contributed by atoms with Crippen molar-refractivity contribution in [1.29, 1.82) is 0 Å². The largest absolute Gasteiger partial charge is 0.391 e. The topological polar surface area (TPSA) is 66.4 Å². The number of benzene rings is 2. The van der Waals surface area contributed by atoms with E-state index in [2.05, 4.69) is 5.32 Å². The van der Waals surface area contributed by atoms with Gasteiger partial charge in [-0.3, -0.25) is 9.59 Å². The Labute approximate surface area is 136 Å². The Morgan fingerprint density at radius 3 is 2.13 bits per heavy atom. The van der Waals surface area contributed by atoms with Crippen molar-refractivity contribution in [2.24, 2.45) is 5.92 Å². The summed E-state index contributed by atoms with van der Waals surface area (Å²) in [4.78, 5) is 24.9. The van der Waals surface area contributed by atoms with Crippen molar-refractivity contribution in [3.05, 3.63) is 71.3 Å². The van der Waals surface area contributed by atoms with Crippen LogP contribution in [-0.2, 0) is 0 Å². The first-order valence-corrected chi connectivity index (χ1v) is 7.65. The fourth-order valence-electron chi connectivity index (χ4n) is 2.15. The molecule has 0 aromatic heterocycles. The molecule has 4 nitrogen and oxygen atoms in total. The van der Waals surface area contributed by atoms with E-state index >= 15 is 0 Å². The van der Waals surface area contributed by atoms with Gasteiger partial charge in [-0.05, 0) is 12.0 Å². The van der Waals surface area contributed by atoms with Gasteiger partial charge in [-0.2, -0.15) is 0 Å². The molecule has 2 aromatic carbocycles. The van der Waals surface area contributed by atoms with Crippen molar-refractivity contribution >= 4 is 11.7 Å². The number of ketones is 1. The lowest BCUT2D eigenvalue weighted by Crippen LogP contribution is -2.35. The van der Waals surface area contributed by atoms with Gasteiger partial charge in [-0.25, -0.2) is 0 Å². The molecule has 0 aliphatic rings. The minimum Gasteiger partial charge on any atom is -0.391 e. The molecule has 0 bridgehead atoms. The van der Waals surface area contributed by atoms with Gasteiger partial charge in [0.25, 0.3) is 5.91 Å². The molecule has 0 aliphatic carbocycles. The Morgan fingerprint density at radius 1 is 0.957 bits per heavy atom. The minimum atomic E-state index is -0.615. The lowest BCUT2D eigenvalue weighted by molar-refractivity contribution is 0.0866. The molecule has 23 heavy (non-hydrogen) atoms. The molecule has 2 aromatic rings. The van der Waals surface area contributed by atoms with E-state index in [0.29, 0.717) is 16.7 Å². The van der Waals surface area contributed by atoms with E-state index in [1.165, 1.54) is 0 Å². The number of nitrogens with one attached hydrogen (secondary N) is 1. The van der Waals surface area contributed by atoms with Gasteiger partial charge in [-0.1, -0.05) is 62.4 Å². The van der Waals surface area contributed by atoms with E-state index in [1.807, 2.05) is 19.9 Å². The predicted molar refractivity (Wildman–Crippen MR) is 89.5 cm³/mol. The molecule has 1 atom stereocenters. The lowest BCUT2D eigenvalue weighted by Gasteiger charge is -2.16. The van der Waals surface area contributed by atoms with Crippen LogP contribution in [0, 0.1) is 5.92 Å². The van der Waals surface area contributed by atoms with E-state index in [-0.39, 0.29) is 24.2 Å². The van der Waals surface area contributed by atoms with Crippen LogP contribution in [0.2, 0.25) is 0 Å². The maximum atomic E-state index is 12.6. The average molecular weight is 311 g/mol. The standard InChI is InChI=1S/C19H21NO3/c1-13(2)17(21)12-20-19(23)16-11-7-6-10-15(16)18(22)14-8-4-3-5-9-14/h3-11,13,17,21H,12H2,1-2H3,(H,20,23). The van der Waals surface area contributed by atoms with Gasteiger partial charge in [0.15, 0.2) is 5.78 Å². The van der Waals surface area contributed by atoms with Crippen LogP contribution in [0.1, 0.15) is 40.1 Å². The molecule has 0 fully saturated rings. The second kappa shape index (κ2) is 7.70. The molecule has 2 rings (SSSR count). The second-order valence-electron chi connectivity index (χ2n) is 5.76. The number of carbonyl (C=O) groups excluding carboxylic acids is 2. The van der Waals surface area contributed by atoms with Crippen molar-refractivity contribution in [1.82, 2.24) is 5.32 Å². The molecule has 1 unspecified atom stereocenters. The van der Waals surface area contributed by atoms with E-state index in [4.69, 9.17) is 0 Å². The quantitative estimate of drug-likeness (QED) is 0.806. The number of aliphatic hydroxyl groups is 1. The third kappa shape index (κ3) is 4.27. The summed E-state index contributed by atoms with van der Waals surface area (Å²) in [6.07, 6.45) is -0.615. The minimum absolute atomic E-state index is 0.0523. The van der Waals surface area contributed by atoms with Gasteiger partial charge in [-0.15, -0.1) is 0 Å². The number of carbonyl (C=O) groups is 2. The Morgan fingerprint density at radius 2 is 1.52 bits per heavy atom. The first-order chi connectivity index (χ1) is 11.0. The third-order valence-corrected chi connectivity index (χ3v) is 3.69. The highest BCUT2D eigenvalue weighted by molar-refractivity contribution is 6.15. The van der Waals surface area contributed by atoms with Gasteiger partial charge >= 0.3 is 0 Å². The zero-order valence-corrected chi connectivity index (χ0v) is 13.3. The van der Waals surface area contributed by atoms with Crippen molar-refractivity contribution in [3.8, 4) is 0 Å². The smallest absolute Gasteiger partial charge is 0.252 e. The zero-order valence-electron chi connectivity index (χ0n) is 13.3. The fourth-order valence-corrected chi connectivity index (χ4v) is 2.15. The van der Waals surface area contributed by atoms with E-state index in [9.17, 15) is 14.7 Å². The molecule has 0 spiro atoms. The van der Waals surface area contributed by atoms with Crippen LogP contribution in [0.15, 0.2) is 54.6 Å². The van der Waals surface area contributed by atoms with E-state index in [0.717, 1.165) is 0 Å². The van der Waals surface area contributed by atoms with Crippen LogP contribution in [0.4, 0.5) is 0 Å². The molecule has 0 radical (unpaired) electrons. The molecule has 2 N–H and O–H groups in total. The summed E-state index contributed by atoms with van der Waals surface area (Å²) >= 11 is 0. The number of aliphatic hydroxyl groups excluding tert-OH is 1. The summed E-state index contributed by atoms with van der Waals surface area (Å²) in [5.74, 6) is -0.498. The van der Waals surface area contributed by atoms with Crippen LogP contribution >= 0.6 is 0 Å². The molecule has 0 saturated heterocycles. The number of rotatable bonds is 6. The Balaban J connectivity index is 2.20. The summed E-state index contributed by atoms with van der Waals surface area (Å²) in [5, 5.41) is 12.5. The molecule has 4 heteroatoms. The Bertz CT molecular complexity index is 680. The van der Waals surface area contributed by atoms with Crippen LogP contribution in [0.3, 0.4) is 0 Å². The van der Waals surface area contributed by atoms with Gasteiger partial charge < -0.3 is 10.4 Å². The first kappa shape index (κ1) is 16.9. The number of hydrogen-bond acceptors (Lipinski definition) is 3. The molecule has 0 saturated carbocycles. The molecular weight excluding hydrogens is 290 g/mol. The molecule has 0 aliphatic heterocycles. The van der Waals surface area contributed by atoms with Crippen LogP contribution < -0.4 is 5.32 Å². The van der Waals surface area contributed by atoms with Gasteiger partial charge in [0, 0.05) is 17.7 Å².